The number of nitrogens with two attached hydrogens (primary N) is 1. The summed E-state index contributed by atoms with van der Waals surface area (Å²) in [5, 5.41) is 8.92. The van der Waals surface area contributed by atoms with E-state index in [-0.39, 0.29) is 11.3 Å². The maximum Gasteiger partial charge on any atom is 0.337 e. The van der Waals surface area contributed by atoms with Crippen molar-refractivity contribution in [1.82, 2.24) is 0 Å². The zero-order chi connectivity index (χ0) is 13.1. The summed E-state index contributed by atoms with van der Waals surface area (Å²) < 4.78 is 14.2. The van der Waals surface area contributed by atoms with E-state index in [9.17, 15) is 9.18 Å². The van der Waals surface area contributed by atoms with Crippen molar-refractivity contribution in [1.29, 1.82) is 0 Å². The number of halogens is 1. The number of hydrogen-bond donors (Lipinski definition) is 3. The Balaban J connectivity index is 2.62. The highest BCUT2D eigenvalue weighted by Crippen LogP contribution is 2.30. The van der Waals surface area contributed by atoms with E-state index in [2.05, 4.69) is 5.43 Å². The first-order valence-corrected chi connectivity index (χ1v) is 5.23. The van der Waals surface area contributed by atoms with Crippen molar-refractivity contribution >= 4 is 11.7 Å². The van der Waals surface area contributed by atoms with Crippen LogP contribution >= 0.6 is 0 Å². The van der Waals surface area contributed by atoms with Gasteiger partial charge in [0.15, 0.2) is 5.82 Å². The number of aromatic carboxylic acids is 1. The van der Waals surface area contributed by atoms with E-state index < -0.39 is 11.8 Å². The van der Waals surface area contributed by atoms with Gasteiger partial charge in [-0.15, -0.1) is 0 Å². The van der Waals surface area contributed by atoms with Crippen molar-refractivity contribution in [2.45, 2.75) is 0 Å². The predicted octanol–water partition coefficient (Wildman–Crippen LogP) is 2.48. The Hall–Kier alpha value is -2.40. The predicted molar refractivity (Wildman–Crippen MR) is 66.6 cm³/mol. The Bertz CT molecular complexity index is 585. The molecular formula is C13H11FN2O2. The summed E-state index contributed by atoms with van der Waals surface area (Å²) in [5.74, 6) is 3.27. The van der Waals surface area contributed by atoms with Gasteiger partial charge in [0.1, 0.15) is 0 Å². The number of carbonyl (C=O) groups is 1. The van der Waals surface area contributed by atoms with E-state index in [1.165, 1.54) is 12.1 Å². The number of hydrogen-bond acceptors (Lipinski definition) is 3. The lowest BCUT2D eigenvalue weighted by atomic mass is 10.0. The minimum atomic E-state index is -1.23. The fourth-order valence-corrected chi connectivity index (χ4v) is 1.74. The molecule has 0 atom stereocenters. The highest BCUT2D eigenvalue weighted by Gasteiger charge is 2.17. The van der Waals surface area contributed by atoms with Crippen molar-refractivity contribution in [3.05, 3.63) is 53.8 Å². The Morgan fingerprint density at radius 2 is 1.83 bits per heavy atom. The molecule has 0 spiro atoms. The maximum atomic E-state index is 14.2. The lowest BCUT2D eigenvalue weighted by molar-refractivity contribution is 0.0697. The number of carboxylic acids is 1. The molecular weight excluding hydrogens is 235 g/mol. The molecule has 92 valence electrons. The highest BCUT2D eigenvalue weighted by atomic mass is 19.1. The van der Waals surface area contributed by atoms with Gasteiger partial charge in [-0.3, -0.25) is 5.84 Å². The topological polar surface area (TPSA) is 75.3 Å². The SMILES string of the molecule is NNc1c(C(=O)O)ccc(-c2ccccc2)c1F. The van der Waals surface area contributed by atoms with Gasteiger partial charge in [0.2, 0.25) is 0 Å². The molecule has 5 heteroatoms. The third kappa shape index (κ3) is 2.03. The van der Waals surface area contributed by atoms with Crippen molar-refractivity contribution in [3.63, 3.8) is 0 Å². The van der Waals surface area contributed by atoms with Crippen molar-refractivity contribution in [2.75, 3.05) is 5.43 Å². The number of hydrazine groups is 1. The molecule has 0 saturated carbocycles. The number of carboxylic acid groups (broad SMARTS) is 1. The van der Waals surface area contributed by atoms with Gasteiger partial charge in [-0.05, 0) is 11.6 Å². The summed E-state index contributed by atoms with van der Waals surface area (Å²) in [6.07, 6.45) is 0. The van der Waals surface area contributed by atoms with E-state index in [0.29, 0.717) is 11.1 Å². The molecule has 0 radical (unpaired) electrons. The molecule has 0 aliphatic carbocycles. The summed E-state index contributed by atoms with van der Waals surface area (Å²) in [4.78, 5) is 10.9. The van der Waals surface area contributed by atoms with Gasteiger partial charge >= 0.3 is 5.97 Å². The van der Waals surface area contributed by atoms with Crippen LogP contribution in [-0.2, 0) is 0 Å². The number of nitrogens with one attached hydrogen (secondary N) is 1. The largest absolute Gasteiger partial charge is 0.478 e. The number of rotatable bonds is 3. The zero-order valence-electron chi connectivity index (χ0n) is 9.35. The fraction of sp³-hybridized carbons (Fsp3) is 0. The molecule has 0 unspecified atom stereocenters. The third-order valence-electron chi connectivity index (χ3n) is 2.60. The molecule has 0 aromatic heterocycles. The van der Waals surface area contributed by atoms with Crippen LogP contribution in [0.3, 0.4) is 0 Å². The molecule has 0 bridgehead atoms. The van der Waals surface area contributed by atoms with Crippen LogP contribution in [0.1, 0.15) is 10.4 Å². The van der Waals surface area contributed by atoms with Crippen LogP contribution in [0.15, 0.2) is 42.5 Å². The first kappa shape index (κ1) is 12.1. The minimum Gasteiger partial charge on any atom is -0.478 e. The van der Waals surface area contributed by atoms with Gasteiger partial charge in [-0.1, -0.05) is 36.4 Å². The quantitative estimate of drug-likeness (QED) is 0.574. The van der Waals surface area contributed by atoms with E-state index in [1.807, 2.05) is 6.07 Å². The van der Waals surface area contributed by atoms with Gasteiger partial charge in [0.25, 0.3) is 0 Å². The molecule has 18 heavy (non-hydrogen) atoms. The second kappa shape index (κ2) is 4.85. The summed E-state index contributed by atoms with van der Waals surface area (Å²) >= 11 is 0. The van der Waals surface area contributed by atoms with Crippen LogP contribution in [-0.4, -0.2) is 11.1 Å². The third-order valence-corrected chi connectivity index (χ3v) is 2.60. The van der Waals surface area contributed by atoms with Crippen molar-refractivity contribution in [3.8, 4) is 11.1 Å². The normalized spacial score (nSPS) is 10.1. The van der Waals surface area contributed by atoms with Gasteiger partial charge < -0.3 is 10.5 Å². The first-order chi connectivity index (χ1) is 8.65. The van der Waals surface area contributed by atoms with Gasteiger partial charge in [-0.25, -0.2) is 9.18 Å². The van der Waals surface area contributed by atoms with Crippen LogP contribution in [0.25, 0.3) is 11.1 Å². The van der Waals surface area contributed by atoms with Crippen LogP contribution in [0.5, 0.6) is 0 Å². The second-order valence-electron chi connectivity index (χ2n) is 3.67. The lowest BCUT2D eigenvalue weighted by Gasteiger charge is -2.11. The molecule has 2 rings (SSSR count). The van der Waals surface area contributed by atoms with Crippen LogP contribution in [0, 0.1) is 5.82 Å². The fourth-order valence-electron chi connectivity index (χ4n) is 1.74. The van der Waals surface area contributed by atoms with E-state index in [1.54, 1.807) is 24.3 Å². The summed E-state index contributed by atoms with van der Waals surface area (Å²) in [6.45, 7) is 0. The summed E-state index contributed by atoms with van der Waals surface area (Å²) in [7, 11) is 0. The first-order valence-electron chi connectivity index (χ1n) is 5.23. The number of nitrogen functional groups attached to an aromatic ring is 1. The van der Waals surface area contributed by atoms with E-state index in [4.69, 9.17) is 10.9 Å². The molecule has 0 heterocycles. The smallest absolute Gasteiger partial charge is 0.337 e. The average molecular weight is 246 g/mol. The summed E-state index contributed by atoms with van der Waals surface area (Å²) in [5.41, 5.74) is 2.64. The monoisotopic (exact) mass is 246 g/mol. The Kier molecular flexibility index (Phi) is 3.25. The minimum absolute atomic E-state index is 0.199. The van der Waals surface area contributed by atoms with E-state index in [0.717, 1.165) is 0 Å². The molecule has 0 fully saturated rings. The molecule has 0 aliphatic heterocycles. The van der Waals surface area contributed by atoms with Crippen LogP contribution < -0.4 is 11.3 Å². The molecule has 0 amide bonds. The Morgan fingerprint density at radius 1 is 1.17 bits per heavy atom. The van der Waals surface area contributed by atoms with Crippen LogP contribution in [0.4, 0.5) is 10.1 Å². The van der Waals surface area contributed by atoms with Crippen molar-refractivity contribution < 1.29 is 14.3 Å². The van der Waals surface area contributed by atoms with Gasteiger partial charge in [0, 0.05) is 5.56 Å². The standard InChI is InChI=1S/C13H11FN2O2/c14-11-9(8-4-2-1-3-5-8)6-7-10(13(17)18)12(11)16-15/h1-7,16H,15H2,(H,17,18). The zero-order valence-corrected chi connectivity index (χ0v) is 9.35. The number of benzene rings is 2. The molecule has 0 saturated heterocycles. The van der Waals surface area contributed by atoms with Crippen molar-refractivity contribution in [2.24, 2.45) is 5.84 Å². The summed E-state index contributed by atoms with van der Waals surface area (Å²) in [6, 6.07) is 11.6. The molecule has 2 aromatic carbocycles. The van der Waals surface area contributed by atoms with Crippen LogP contribution in [0.2, 0.25) is 0 Å². The maximum absolute atomic E-state index is 14.2. The number of anilines is 1. The molecule has 4 nitrogen and oxygen atoms in total. The average Bonchev–Trinajstić information content (AvgIpc) is 2.39. The molecule has 2 aromatic rings. The Labute approximate surface area is 103 Å². The van der Waals surface area contributed by atoms with Gasteiger partial charge in [-0.2, -0.15) is 0 Å². The van der Waals surface area contributed by atoms with Gasteiger partial charge in [0.05, 0.1) is 11.3 Å². The lowest BCUT2D eigenvalue weighted by Crippen LogP contribution is -2.14. The highest BCUT2D eigenvalue weighted by molar-refractivity contribution is 5.95. The second-order valence-corrected chi connectivity index (χ2v) is 3.67. The Morgan fingerprint density at radius 3 is 2.39 bits per heavy atom. The molecule has 0 aliphatic rings. The van der Waals surface area contributed by atoms with E-state index >= 15 is 0 Å². The molecule has 4 N–H and O–H groups in total.